The van der Waals surface area contributed by atoms with Crippen molar-refractivity contribution in [1.82, 2.24) is 10.2 Å². The largest absolute Gasteiger partial charge is 0.496 e. The molecule has 0 aliphatic heterocycles. The lowest BCUT2D eigenvalue weighted by Crippen LogP contribution is -1.95. The molecule has 3 N–H and O–H groups in total. The third-order valence-corrected chi connectivity index (χ3v) is 3.02. The van der Waals surface area contributed by atoms with E-state index in [4.69, 9.17) is 10.5 Å². The minimum Gasteiger partial charge on any atom is -0.496 e. The van der Waals surface area contributed by atoms with E-state index in [1.54, 1.807) is 7.11 Å². The van der Waals surface area contributed by atoms with Crippen molar-refractivity contribution in [3.8, 4) is 17.0 Å². The standard InChI is InChI=1S/C14H19N3O/c1-9(2)10-4-5-12(14(6-10)18-3)13-7-11(8-15)16-17-13/h4-7,9H,8,15H2,1-3H3,(H,16,17). The highest BCUT2D eigenvalue weighted by Gasteiger charge is 2.11. The molecule has 0 unspecified atom stereocenters. The highest BCUT2D eigenvalue weighted by Crippen LogP contribution is 2.31. The second kappa shape index (κ2) is 5.23. The van der Waals surface area contributed by atoms with Crippen molar-refractivity contribution in [1.29, 1.82) is 0 Å². The molecule has 0 aliphatic rings. The van der Waals surface area contributed by atoms with Crippen LogP contribution in [0.3, 0.4) is 0 Å². The second-order valence-electron chi connectivity index (χ2n) is 4.60. The summed E-state index contributed by atoms with van der Waals surface area (Å²) < 4.78 is 5.45. The van der Waals surface area contributed by atoms with Crippen LogP contribution >= 0.6 is 0 Å². The number of H-pyrrole nitrogens is 1. The fourth-order valence-electron chi connectivity index (χ4n) is 1.88. The van der Waals surface area contributed by atoms with Gasteiger partial charge in [0.1, 0.15) is 5.75 Å². The number of ether oxygens (including phenoxy) is 1. The summed E-state index contributed by atoms with van der Waals surface area (Å²) in [6, 6.07) is 8.17. The molecule has 2 aromatic rings. The van der Waals surface area contributed by atoms with Crippen LogP contribution in [0.15, 0.2) is 24.3 Å². The SMILES string of the molecule is COc1cc(C(C)C)ccc1-c1cc(CN)[nH]n1. The summed E-state index contributed by atoms with van der Waals surface area (Å²) in [5.74, 6) is 1.32. The van der Waals surface area contributed by atoms with E-state index in [2.05, 4.69) is 36.2 Å². The molecule has 18 heavy (non-hydrogen) atoms. The summed E-state index contributed by atoms with van der Waals surface area (Å²) in [5.41, 5.74) is 9.59. The van der Waals surface area contributed by atoms with Crippen molar-refractivity contribution in [2.75, 3.05) is 7.11 Å². The summed E-state index contributed by atoms with van der Waals surface area (Å²) in [6.45, 7) is 4.78. The van der Waals surface area contributed by atoms with Gasteiger partial charge >= 0.3 is 0 Å². The predicted octanol–water partition coefficient (Wildman–Crippen LogP) is 2.67. The number of aromatic nitrogens is 2. The van der Waals surface area contributed by atoms with E-state index in [-0.39, 0.29) is 0 Å². The normalized spacial score (nSPS) is 10.9. The van der Waals surface area contributed by atoms with E-state index in [9.17, 15) is 0 Å². The molecule has 96 valence electrons. The molecular formula is C14H19N3O. The zero-order chi connectivity index (χ0) is 13.1. The van der Waals surface area contributed by atoms with Crippen LogP contribution in [-0.4, -0.2) is 17.3 Å². The molecule has 0 spiro atoms. The third-order valence-electron chi connectivity index (χ3n) is 3.02. The summed E-state index contributed by atoms with van der Waals surface area (Å²) in [4.78, 5) is 0. The molecule has 4 nitrogen and oxygen atoms in total. The van der Waals surface area contributed by atoms with Gasteiger partial charge in [0.15, 0.2) is 0 Å². The van der Waals surface area contributed by atoms with Gasteiger partial charge in [-0.05, 0) is 29.7 Å². The number of methoxy groups -OCH3 is 1. The minimum absolute atomic E-state index is 0.458. The summed E-state index contributed by atoms with van der Waals surface area (Å²) in [6.07, 6.45) is 0. The van der Waals surface area contributed by atoms with Crippen LogP contribution < -0.4 is 10.5 Å². The molecular weight excluding hydrogens is 226 g/mol. The molecule has 0 fully saturated rings. The molecule has 0 saturated carbocycles. The van der Waals surface area contributed by atoms with E-state index in [0.717, 1.165) is 22.7 Å². The van der Waals surface area contributed by atoms with Crippen LogP contribution in [0.1, 0.15) is 31.0 Å². The van der Waals surface area contributed by atoms with Gasteiger partial charge in [-0.15, -0.1) is 0 Å². The minimum atomic E-state index is 0.458. The number of nitrogens with zero attached hydrogens (tertiary/aromatic N) is 1. The van der Waals surface area contributed by atoms with E-state index >= 15 is 0 Å². The molecule has 2 rings (SSSR count). The van der Waals surface area contributed by atoms with Crippen LogP contribution in [0.4, 0.5) is 0 Å². The Bertz CT molecular complexity index is 532. The van der Waals surface area contributed by atoms with Gasteiger partial charge in [-0.1, -0.05) is 19.9 Å². The Morgan fingerprint density at radius 1 is 1.33 bits per heavy atom. The maximum atomic E-state index is 5.57. The topological polar surface area (TPSA) is 63.9 Å². The first-order valence-electron chi connectivity index (χ1n) is 6.08. The maximum Gasteiger partial charge on any atom is 0.128 e. The second-order valence-corrected chi connectivity index (χ2v) is 4.60. The lowest BCUT2D eigenvalue weighted by molar-refractivity contribution is 0.415. The van der Waals surface area contributed by atoms with Crippen LogP contribution in [0, 0.1) is 0 Å². The maximum absolute atomic E-state index is 5.57. The lowest BCUT2D eigenvalue weighted by Gasteiger charge is -2.11. The van der Waals surface area contributed by atoms with E-state index < -0.39 is 0 Å². The molecule has 0 bridgehead atoms. The van der Waals surface area contributed by atoms with Gasteiger partial charge in [-0.25, -0.2) is 0 Å². The number of hydrogen-bond donors (Lipinski definition) is 2. The van der Waals surface area contributed by atoms with Gasteiger partial charge in [-0.3, -0.25) is 5.10 Å². The smallest absolute Gasteiger partial charge is 0.128 e. The van der Waals surface area contributed by atoms with Gasteiger partial charge in [-0.2, -0.15) is 5.10 Å². The number of aromatic amines is 1. The van der Waals surface area contributed by atoms with Gasteiger partial charge < -0.3 is 10.5 Å². The highest BCUT2D eigenvalue weighted by atomic mass is 16.5. The Morgan fingerprint density at radius 2 is 2.11 bits per heavy atom. The Morgan fingerprint density at radius 3 is 2.67 bits per heavy atom. The van der Waals surface area contributed by atoms with Gasteiger partial charge in [0.2, 0.25) is 0 Å². The summed E-state index contributed by atoms with van der Waals surface area (Å²) >= 11 is 0. The Balaban J connectivity index is 2.44. The molecule has 1 heterocycles. The molecule has 1 aromatic heterocycles. The van der Waals surface area contributed by atoms with Crippen molar-refractivity contribution < 1.29 is 4.74 Å². The Hall–Kier alpha value is -1.81. The number of nitrogens with two attached hydrogens (primary N) is 1. The van der Waals surface area contributed by atoms with Crippen molar-refractivity contribution in [2.24, 2.45) is 5.73 Å². The Labute approximate surface area is 107 Å². The van der Waals surface area contributed by atoms with Gasteiger partial charge in [0.25, 0.3) is 0 Å². The molecule has 0 radical (unpaired) electrons. The summed E-state index contributed by atoms with van der Waals surface area (Å²) in [5, 5.41) is 7.17. The number of hydrogen-bond acceptors (Lipinski definition) is 3. The zero-order valence-electron chi connectivity index (χ0n) is 11.0. The van der Waals surface area contributed by atoms with E-state index in [1.807, 2.05) is 12.1 Å². The van der Waals surface area contributed by atoms with Crippen LogP contribution in [0.5, 0.6) is 5.75 Å². The highest BCUT2D eigenvalue weighted by molar-refractivity contribution is 5.68. The van der Waals surface area contributed by atoms with Crippen molar-refractivity contribution in [3.05, 3.63) is 35.5 Å². The average Bonchev–Trinajstić information content (AvgIpc) is 2.86. The first-order chi connectivity index (χ1) is 8.65. The molecule has 1 aromatic carbocycles. The number of nitrogens with one attached hydrogen (secondary N) is 1. The zero-order valence-corrected chi connectivity index (χ0v) is 11.0. The number of benzene rings is 1. The quantitative estimate of drug-likeness (QED) is 0.870. The fourth-order valence-corrected chi connectivity index (χ4v) is 1.88. The Kier molecular flexibility index (Phi) is 3.67. The van der Waals surface area contributed by atoms with Gasteiger partial charge in [0.05, 0.1) is 12.8 Å². The first kappa shape index (κ1) is 12.6. The fraction of sp³-hybridized carbons (Fsp3) is 0.357. The van der Waals surface area contributed by atoms with E-state index in [1.165, 1.54) is 5.56 Å². The molecule has 0 amide bonds. The van der Waals surface area contributed by atoms with Gasteiger partial charge in [0, 0.05) is 17.8 Å². The number of rotatable bonds is 4. The lowest BCUT2D eigenvalue weighted by atomic mass is 10.00. The molecule has 0 atom stereocenters. The van der Waals surface area contributed by atoms with Crippen molar-refractivity contribution in [3.63, 3.8) is 0 Å². The summed E-state index contributed by atoms with van der Waals surface area (Å²) in [7, 11) is 1.68. The van der Waals surface area contributed by atoms with Crippen molar-refractivity contribution in [2.45, 2.75) is 26.3 Å². The van der Waals surface area contributed by atoms with E-state index in [0.29, 0.717) is 12.5 Å². The van der Waals surface area contributed by atoms with Crippen molar-refractivity contribution >= 4 is 0 Å². The van der Waals surface area contributed by atoms with Crippen LogP contribution in [0.25, 0.3) is 11.3 Å². The molecule has 0 aliphatic carbocycles. The third kappa shape index (κ3) is 2.38. The van der Waals surface area contributed by atoms with Crippen LogP contribution in [-0.2, 0) is 6.54 Å². The van der Waals surface area contributed by atoms with Crippen LogP contribution in [0.2, 0.25) is 0 Å². The monoisotopic (exact) mass is 245 g/mol. The average molecular weight is 245 g/mol. The molecule has 0 saturated heterocycles. The first-order valence-corrected chi connectivity index (χ1v) is 6.08. The predicted molar refractivity (Wildman–Crippen MR) is 72.6 cm³/mol. The molecule has 4 heteroatoms.